The Morgan fingerprint density at radius 2 is 2.08 bits per heavy atom. The number of hydrogen-bond donors (Lipinski definition) is 1. The van der Waals surface area contributed by atoms with Crippen LogP contribution in [0.25, 0.3) is 0 Å². The number of aryl methyl sites for hydroxylation is 2. The zero-order chi connectivity index (χ0) is 10.0. The standard InChI is InChI=1S/C9H13F2NO/c1-5-3-7(6(2)13-5)8(4-12)9(10)11/h3,8-9H,4,12H2,1-2H3. The summed E-state index contributed by atoms with van der Waals surface area (Å²) < 4.78 is 30.1. The van der Waals surface area contributed by atoms with E-state index in [1.807, 2.05) is 0 Å². The first-order valence-electron chi connectivity index (χ1n) is 4.11. The number of furan rings is 1. The Kier molecular flexibility index (Phi) is 3.03. The van der Waals surface area contributed by atoms with Gasteiger partial charge in [0.05, 0.1) is 5.92 Å². The Morgan fingerprint density at radius 1 is 1.46 bits per heavy atom. The summed E-state index contributed by atoms with van der Waals surface area (Å²) in [4.78, 5) is 0. The van der Waals surface area contributed by atoms with Crippen LogP contribution in [0.15, 0.2) is 10.5 Å². The quantitative estimate of drug-likeness (QED) is 0.791. The van der Waals surface area contributed by atoms with E-state index < -0.39 is 12.3 Å². The predicted molar refractivity (Wildman–Crippen MR) is 46.0 cm³/mol. The third-order valence-corrected chi connectivity index (χ3v) is 2.04. The van der Waals surface area contributed by atoms with Gasteiger partial charge in [-0.25, -0.2) is 8.78 Å². The molecule has 0 aliphatic carbocycles. The molecule has 0 radical (unpaired) electrons. The molecule has 1 aromatic heterocycles. The van der Waals surface area contributed by atoms with Crippen LogP contribution in [-0.4, -0.2) is 13.0 Å². The molecule has 0 bridgehead atoms. The molecule has 74 valence electrons. The zero-order valence-corrected chi connectivity index (χ0v) is 7.68. The summed E-state index contributed by atoms with van der Waals surface area (Å²) in [5, 5.41) is 0. The van der Waals surface area contributed by atoms with Crippen LogP contribution in [0.3, 0.4) is 0 Å². The molecule has 13 heavy (non-hydrogen) atoms. The van der Waals surface area contributed by atoms with Crippen LogP contribution >= 0.6 is 0 Å². The monoisotopic (exact) mass is 189 g/mol. The van der Waals surface area contributed by atoms with Crippen molar-refractivity contribution >= 4 is 0 Å². The minimum atomic E-state index is -2.43. The largest absolute Gasteiger partial charge is 0.466 e. The molecular formula is C9H13F2NO. The average molecular weight is 189 g/mol. The Bertz CT molecular complexity index is 283. The van der Waals surface area contributed by atoms with E-state index in [0.29, 0.717) is 17.1 Å². The molecule has 4 heteroatoms. The van der Waals surface area contributed by atoms with Crippen LogP contribution < -0.4 is 5.73 Å². The van der Waals surface area contributed by atoms with Gasteiger partial charge in [0.25, 0.3) is 0 Å². The van der Waals surface area contributed by atoms with Crippen molar-refractivity contribution in [2.24, 2.45) is 5.73 Å². The van der Waals surface area contributed by atoms with Crippen LogP contribution in [0.4, 0.5) is 8.78 Å². The maximum Gasteiger partial charge on any atom is 0.246 e. The van der Waals surface area contributed by atoms with Crippen LogP contribution in [0.2, 0.25) is 0 Å². The lowest BCUT2D eigenvalue weighted by atomic mass is 10.0. The lowest BCUT2D eigenvalue weighted by Gasteiger charge is -2.11. The van der Waals surface area contributed by atoms with Gasteiger partial charge in [-0.2, -0.15) is 0 Å². The number of halogens is 2. The lowest BCUT2D eigenvalue weighted by molar-refractivity contribution is 0.116. The van der Waals surface area contributed by atoms with Gasteiger partial charge in [0.15, 0.2) is 0 Å². The van der Waals surface area contributed by atoms with Crippen molar-refractivity contribution in [2.75, 3.05) is 6.54 Å². The minimum Gasteiger partial charge on any atom is -0.466 e. The van der Waals surface area contributed by atoms with Crippen LogP contribution in [-0.2, 0) is 0 Å². The Hall–Kier alpha value is -0.900. The van der Waals surface area contributed by atoms with Crippen molar-refractivity contribution in [1.82, 2.24) is 0 Å². The van der Waals surface area contributed by atoms with Gasteiger partial charge < -0.3 is 10.2 Å². The smallest absolute Gasteiger partial charge is 0.246 e. The van der Waals surface area contributed by atoms with Crippen molar-refractivity contribution in [1.29, 1.82) is 0 Å². The van der Waals surface area contributed by atoms with Gasteiger partial charge in [0.2, 0.25) is 6.43 Å². The number of rotatable bonds is 3. The fraction of sp³-hybridized carbons (Fsp3) is 0.556. The molecule has 0 aliphatic rings. The molecule has 0 spiro atoms. The average Bonchev–Trinajstić information content (AvgIpc) is 2.31. The van der Waals surface area contributed by atoms with Crippen LogP contribution in [0.5, 0.6) is 0 Å². The molecule has 0 saturated heterocycles. The molecule has 0 aliphatic heterocycles. The Balaban J connectivity index is 2.97. The van der Waals surface area contributed by atoms with Crippen LogP contribution in [0.1, 0.15) is 23.0 Å². The normalized spacial score (nSPS) is 13.7. The SMILES string of the molecule is Cc1cc(C(CN)C(F)F)c(C)o1. The first-order chi connectivity index (χ1) is 6.06. The highest BCUT2D eigenvalue weighted by Gasteiger charge is 2.24. The molecule has 1 unspecified atom stereocenters. The maximum absolute atomic E-state index is 12.5. The second-order valence-electron chi connectivity index (χ2n) is 3.05. The van der Waals surface area contributed by atoms with E-state index in [-0.39, 0.29) is 6.54 Å². The molecule has 0 fully saturated rings. The van der Waals surface area contributed by atoms with Gasteiger partial charge in [0, 0.05) is 12.1 Å². The van der Waals surface area contributed by atoms with Gasteiger partial charge in [0.1, 0.15) is 11.5 Å². The minimum absolute atomic E-state index is 0.0581. The van der Waals surface area contributed by atoms with E-state index in [1.165, 1.54) is 0 Å². The zero-order valence-electron chi connectivity index (χ0n) is 7.68. The van der Waals surface area contributed by atoms with E-state index in [9.17, 15) is 8.78 Å². The predicted octanol–water partition coefficient (Wildman–Crippen LogP) is 2.20. The molecule has 0 aromatic carbocycles. The topological polar surface area (TPSA) is 39.2 Å². The second kappa shape index (κ2) is 3.87. The lowest BCUT2D eigenvalue weighted by Crippen LogP contribution is -2.19. The fourth-order valence-electron chi connectivity index (χ4n) is 1.38. The summed E-state index contributed by atoms with van der Waals surface area (Å²) in [6.07, 6.45) is -2.43. The maximum atomic E-state index is 12.5. The second-order valence-corrected chi connectivity index (χ2v) is 3.05. The first-order valence-corrected chi connectivity index (χ1v) is 4.11. The summed E-state index contributed by atoms with van der Waals surface area (Å²) in [6, 6.07) is 1.62. The summed E-state index contributed by atoms with van der Waals surface area (Å²) >= 11 is 0. The van der Waals surface area contributed by atoms with E-state index in [0.717, 1.165) is 0 Å². The first kappa shape index (κ1) is 10.2. The van der Waals surface area contributed by atoms with Gasteiger partial charge in [-0.15, -0.1) is 0 Å². The summed E-state index contributed by atoms with van der Waals surface area (Å²) in [6.45, 7) is 3.35. The highest BCUT2D eigenvalue weighted by Crippen LogP contribution is 2.27. The Morgan fingerprint density at radius 3 is 2.38 bits per heavy atom. The molecule has 2 nitrogen and oxygen atoms in total. The fourth-order valence-corrected chi connectivity index (χ4v) is 1.38. The number of hydrogen-bond acceptors (Lipinski definition) is 2. The summed E-state index contributed by atoms with van der Waals surface area (Å²) in [5.41, 5.74) is 5.79. The molecule has 1 aromatic rings. The van der Waals surface area contributed by atoms with Gasteiger partial charge >= 0.3 is 0 Å². The molecule has 1 heterocycles. The Labute approximate surface area is 75.7 Å². The van der Waals surface area contributed by atoms with Crippen molar-refractivity contribution in [2.45, 2.75) is 26.2 Å². The molecule has 0 amide bonds. The van der Waals surface area contributed by atoms with Crippen molar-refractivity contribution in [3.63, 3.8) is 0 Å². The molecule has 1 atom stereocenters. The summed E-state index contributed by atoms with van der Waals surface area (Å²) in [7, 11) is 0. The van der Waals surface area contributed by atoms with E-state index in [4.69, 9.17) is 10.2 Å². The van der Waals surface area contributed by atoms with E-state index >= 15 is 0 Å². The molecule has 2 N–H and O–H groups in total. The van der Waals surface area contributed by atoms with Crippen LogP contribution in [0, 0.1) is 13.8 Å². The third kappa shape index (κ3) is 2.06. The van der Waals surface area contributed by atoms with E-state index in [2.05, 4.69) is 0 Å². The number of nitrogens with two attached hydrogens (primary N) is 1. The van der Waals surface area contributed by atoms with Gasteiger partial charge in [-0.1, -0.05) is 0 Å². The molecule has 0 saturated carbocycles. The van der Waals surface area contributed by atoms with Crippen molar-refractivity contribution < 1.29 is 13.2 Å². The third-order valence-electron chi connectivity index (χ3n) is 2.04. The number of alkyl halides is 2. The van der Waals surface area contributed by atoms with E-state index in [1.54, 1.807) is 19.9 Å². The van der Waals surface area contributed by atoms with Crippen molar-refractivity contribution in [3.8, 4) is 0 Å². The molecular weight excluding hydrogens is 176 g/mol. The van der Waals surface area contributed by atoms with Crippen molar-refractivity contribution in [3.05, 3.63) is 23.2 Å². The van der Waals surface area contributed by atoms with Gasteiger partial charge in [-0.3, -0.25) is 0 Å². The van der Waals surface area contributed by atoms with Gasteiger partial charge in [-0.05, 0) is 19.9 Å². The molecule has 1 rings (SSSR count). The highest BCUT2D eigenvalue weighted by atomic mass is 19.3. The highest BCUT2D eigenvalue weighted by molar-refractivity contribution is 5.25. The summed E-state index contributed by atoms with van der Waals surface area (Å²) in [5.74, 6) is 0.275.